The fraction of sp³-hybridized carbons (Fsp3) is 0.600. The second-order valence-corrected chi connectivity index (χ2v) is 5.48. The van der Waals surface area contributed by atoms with Gasteiger partial charge in [-0.3, -0.25) is 14.7 Å². The van der Waals surface area contributed by atoms with Crippen molar-refractivity contribution in [3.63, 3.8) is 0 Å². The molecule has 1 aromatic rings. The van der Waals surface area contributed by atoms with Gasteiger partial charge in [0.15, 0.2) is 5.78 Å². The summed E-state index contributed by atoms with van der Waals surface area (Å²) in [5, 5.41) is 0. The third kappa shape index (κ3) is 2.32. The number of Topliss-reactive ketones (excluding diaryl/α,β-unsaturated/α-hetero) is 1. The Morgan fingerprint density at radius 3 is 2.83 bits per heavy atom. The summed E-state index contributed by atoms with van der Waals surface area (Å²) in [6.07, 6.45) is 9.06. The van der Waals surface area contributed by atoms with Gasteiger partial charge < -0.3 is 0 Å². The smallest absolute Gasteiger partial charge is 0.153 e. The first kappa shape index (κ1) is 11.8. The number of pyridine rings is 1. The Kier molecular flexibility index (Phi) is 3.41. The highest BCUT2D eigenvalue weighted by Crippen LogP contribution is 2.31. The number of piperidine rings is 3. The van der Waals surface area contributed by atoms with Crippen LogP contribution in [0.3, 0.4) is 0 Å². The lowest BCUT2D eigenvalue weighted by Crippen LogP contribution is -2.55. The lowest BCUT2D eigenvalue weighted by molar-refractivity contribution is -0.137. The SMILES string of the molecule is O=C1C2CCN(CC2)C1CCCc1cccnc1. The second kappa shape index (κ2) is 5.19. The Bertz CT molecular complexity index is 410. The molecular formula is C15H20N2O. The van der Waals surface area contributed by atoms with Crippen LogP contribution in [-0.4, -0.2) is 34.8 Å². The summed E-state index contributed by atoms with van der Waals surface area (Å²) in [7, 11) is 0. The van der Waals surface area contributed by atoms with Gasteiger partial charge in [-0.15, -0.1) is 0 Å². The molecule has 3 heteroatoms. The second-order valence-electron chi connectivity index (χ2n) is 5.48. The lowest BCUT2D eigenvalue weighted by atomic mass is 9.80. The average Bonchev–Trinajstić information content (AvgIpc) is 2.44. The quantitative estimate of drug-likeness (QED) is 0.813. The molecule has 4 rings (SSSR count). The monoisotopic (exact) mass is 244 g/mol. The third-order valence-electron chi connectivity index (χ3n) is 4.37. The van der Waals surface area contributed by atoms with Crippen molar-refractivity contribution in [3.05, 3.63) is 30.1 Å². The molecule has 0 amide bonds. The van der Waals surface area contributed by atoms with Gasteiger partial charge in [0.1, 0.15) is 0 Å². The number of ketones is 1. The van der Waals surface area contributed by atoms with Gasteiger partial charge in [-0.1, -0.05) is 6.07 Å². The van der Waals surface area contributed by atoms with E-state index in [2.05, 4.69) is 16.0 Å². The number of fused-ring (bicyclic) bond motifs is 3. The zero-order valence-electron chi connectivity index (χ0n) is 10.7. The highest BCUT2D eigenvalue weighted by molar-refractivity contribution is 5.87. The van der Waals surface area contributed by atoms with Crippen LogP contribution in [0.25, 0.3) is 0 Å². The van der Waals surface area contributed by atoms with Crippen molar-refractivity contribution in [1.29, 1.82) is 0 Å². The Labute approximate surface area is 108 Å². The summed E-state index contributed by atoms with van der Waals surface area (Å²) in [6.45, 7) is 2.27. The van der Waals surface area contributed by atoms with Crippen LogP contribution < -0.4 is 0 Å². The normalized spacial score (nSPS) is 30.7. The van der Waals surface area contributed by atoms with Gasteiger partial charge in [0.2, 0.25) is 0 Å². The van der Waals surface area contributed by atoms with Crippen LogP contribution in [0.15, 0.2) is 24.5 Å². The van der Waals surface area contributed by atoms with Crippen molar-refractivity contribution in [2.24, 2.45) is 5.92 Å². The summed E-state index contributed by atoms with van der Waals surface area (Å²) in [5.74, 6) is 0.886. The van der Waals surface area contributed by atoms with Gasteiger partial charge in [-0.05, 0) is 56.8 Å². The molecule has 0 spiro atoms. The van der Waals surface area contributed by atoms with Crippen LogP contribution in [-0.2, 0) is 11.2 Å². The molecule has 0 aromatic carbocycles. The number of nitrogens with zero attached hydrogens (tertiary/aromatic N) is 2. The lowest BCUT2D eigenvalue weighted by Gasteiger charge is -2.44. The topological polar surface area (TPSA) is 33.2 Å². The third-order valence-corrected chi connectivity index (χ3v) is 4.37. The van der Waals surface area contributed by atoms with Crippen LogP contribution in [0.1, 0.15) is 31.2 Å². The molecule has 2 bridgehead atoms. The summed E-state index contributed by atoms with van der Waals surface area (Å²) in [4.78, 5) is 18.7. The van der Waals surface area contributed by atoms with E-state index in [9.17, 15) is 4.79 Å². The van der Waals surface area contributed by atoms with Gasteiger partial charge in [0, 0.05) is 18.3 Å². The summed E-state index contributed by atoms with van der Waals surface area (Å²) in [5.41, 5.74) is 1.28. The number of carbonyl (C=O) groups excluding carboxylic acids is 1. The number of aryl methyl sites for hydroxylation is 1. The van der Waals surface area contributed by atoms with E-state index < -0.39 is 0 Å². The van der Waals surface area contributed by atoms with E-state index in [1.807, 2.05) is 12.3 Å². The maximum absolute atomic E-state index is 12.2. The maximum atomic E-state index is 12.2. The Balaban J connectivity index is 1.53. The van der Waals surface area contributed by atoms with Crippen LogP contribution in [0.4, 0.5) is 0 Å². The highest BCUT2D eigenvalue weighted by Gasteiger charge is 2.40. The molecule has 0 N–H and O–H groups in total. The number of hydrogen-bond acceptors (Lipinski definition) is 3. The van der Waals surface area contributed by atoms with Crippen molar-refractivity contribution in [2.45, 2.75) is 38.1 Å². The fourth-order valence-corrected chi connectivity index (χ4v) is 3.32. The number of aromatic nitrogens is 1. The van der Waals surface area contributed by atoms with Crippen LogP contribution in [0.5, 0.6) is 0 Å². The van der Waals surface area contributed by atoms with E-state index in [1.165, 1.54) is 5.56 Å². The van der Waals surface area contributed by atoms with Gasteiger partial charge in [0.05, 0.1) is 6.04 Å². The maximum Gasteiger partial charge on any atom is 0.153 e. The van der Waals surface area contributed by atoms with Crippen molar-refractivity contribution in [1.82, 2.24) is 9.88 Å². The van der Waals surface area contributed by atoms with Crippen molar-refractivity contribution in [2.75, 3.05) is 13.1 Å². The molecule has 18 heavy (non-hydrogen) atoms. The van der Waals surface area contributed by atoms with E-state index >= 15 is 0 Å². The number of rotatable bonds is 4. The van der Waals surface area contributed by atoms with E-state index in [0.717, 1.165) is 45.2 Å². The molecule has 1 unspecified atom stereocenters. The Morgan fingerprint density at radius 1 is 1.33 bits per heavy atom. The Morgan fingerprint density at radius 2 is 2.17 bits per heavy atom. The fourth-order valence-electron chi connectivity index (χ4n) is 3.32. The van der Waals surface area contributed by atoms with Gasteiger partial charge >= 0.3 is 0 Å². The Hall–Kier alpha value is -1.22. The first-order valence-electron chi connectivity index (χ1n) is 7.01. The first-order valence-corrected chi connectivity index (χ1v) is 7.01. The van der Waals surface area contributed by atoms with E-state index in [-0.39, 0.29) is 6.04 Å². The van der Waals surface area contributed by atoms with Gasteiger partial charge in [0.25, 0.3) is 0 Å². The van der Waals surface area contributed by atoms with Crippen LogP contribution in [0.2, 0.25) is 0 Å². The number of carbonyl (C=O) groups is 1. The first-order chi connectivity index (χ1) is 8.84. The molecule has 3 aliphatic rings. The molecule has 3 aliphatic heterocycles. The standard InChI is InChI=1S/C15H20N2O/c18-15-13-6-9-17(10-7-13)14(15)5-1-3-12-4-2-8-16-11-12/h2,4,8,11,13-14H,1,3,5-7,9-10H2. The zero-order valence-corrected chi connectivity index (χ0v) is 10.7. The van der Waals surface area contributed by atoms with Crippen LogP contribution >= 0.6 is 0 Å². The highest BCUT2D eigenvalue weighted by atomic mass is 16.1. The minimum Gasteiger partial charge on any atom is -0.298 e. The van der Waals surface area contributed by atoms with E-state index in [0.29, 0.717) is 11.7 Å². The average molecular weight is 244 g/mol. The molecule has 0 saturated carbocycles. The minimum absolute atomic E-state index is 0.217. The van der Waals surface area contributed by atoms with Gasteiger partial charge in [-0.25, -0.2) is 0 Å². The van der Waals surface area contributed by atoms with Crippen molar-refractivity contribution >= 4 is 5.78 Å². The number of hydrogen-bond donors (Lipinski definition) is 0. The predicted molar refractivity (Wildman–Crippen MR) is 70.3 cm³/mol. The molecule has 96 valence electrons. The molecule has 1 atom stereocenters. The zero-order chi connectivity index (χ0) is 12.4. The summed E-state index contributed by atoms with van der Waals surface area (Å²) >= 11 is 0. The predicted octanol–water partition coefficient (Wildman–Crippen LogP) is 2.07. The summed E-state index contributed by atoms with van der Waals surface area (Å²) < 4.78 is 0. The molecule has 3 saturated heterocycles. The van der Waals surface area contributed by atoms with Crippen molar-refractivity contribution in [3.8, 4) is 0 Å². The molecule has 0 radical (unpaired) electrons. The van der Waals surface area contributed by atoms with Gasteiger partial charge in [-0.2, -0.15) is 0 Å². The van der Waals surface area contributed by atoms with E-state index in [1.54, 1.807) is 6.20 Å². The van der Waals surface area contributed by atoms with E-state index in [4.69, 9.17) is 0 Å². The summed E-state index contributed by atoms with van der Waals surface area (Å²) in [6, 6.07) is 4.31. The molecule has 3 nitrogen and oxygen atoms in total. The molecular weight excluding hydrogens is 224 g/mol. The molecule has 1 aromatic heterocycles. The molecule has 4 heterocycles. The van der Waals surface area contributed by atoms with Crippen LogP contribution in [0, 0.1) is 5.92 Å². The van der Waals surface area contributed by atoms with Crippen molar-refractivity contribution < 1.29 is 4.79 Å². The molecule has 0 aliphatic carbocycles. The largest absolute Gasteiger partial charge is 0.298 e. The minimum atomic E-state index is 0.217. The molecule has 3 fully saturated rings.